The Morgan fingerprint density at radius 2 is 2.32 bits per heavy atom. The summed E-state index contributed by atoms with van der Waals surface area (Å²) in [5.41, 5.74) is 6.60. The number of rotatable bonds is 3. The van der Waals surface area contributed by atoms with Crippen LogP contribution in [0, 0.1) is 11.8 Å². The van der Waals surface area contributed by atoms with Crippen molar-refractivity contribution in [3.05, 3.63) is 27.5 Å². The number of hydrogen-bond acceptors (Lipinski definition) is 3. The van der Waals surface area contributed by atoms with Gasteiger partial charge >= 0.3 is 0 Å². The van der Waals surface area contributed by atoms with E-state index in [1.54, 1.807) is 6.92 Å². The predicted molar refractivity (Wildman–Crippen MR) is 84.3 cm³/mol. The van der Waals surface area contributed by atoms with Crippen LogP contribution in [0.25, 0.3) is 10.1 Å². The van der Waals surface area contributed by atoms with Gasteiger partial charge < -0.3 is 11.1 Å². The van der Waals surface area contributed by atoms with Crippen molar-refractivity contribution >= 4 is 48.9 Å². The normalized spacial score (nSPS) is 10.0. The van der Waals surface area contributed by atoms with Crippen LogP contribution in [0.4, 0.5) is 5.69 Å². The van der Waals surface area contributed by atoms with Gasteiger partial charge in [-0.1, -0.05) is 22.0 Å². The molecule has 0 aliphatic carbocycles. The van der Waals surface area contributed by atoms with Gasteiger partial charge in [0.25, 0.3) is 5.91 Å². The Bertz CT molecular complexity index is 682. The molecule has 0 unspecified atom stereocenters. The fourth-order valence-electron chi connectivity index (χ4n) is 1.74. The maximum Gasteiger partial charge on any atom is 0.263 e. The van der Waals surface area contributed by atoms with E-state index in [2.05, 4.69) is 33.1 Å². The van der Waals surface area contributed by atoms with Gasteiger partial charge in [0.2, 0.25) is 0 Å². The van der Waals surface area contributed by atoms with Gasteiger partial charge in [-0.2, -0.15) is 0 Å². The fraction of sp³-hybridized carbons (Fsp3) is 0.214. The quantitative estimate of drug-likeness (QED) is 0.666. The number of thiophene rings is 1. The van der Waals surface area contributed by atoms with E-state index in [4.69, 9.17) is 5.73 Å². The number of amides is 1. The number of nitrogens with two attached hydrogens (primary N) is 1. The Hall–Kier alpha value is -1.51. The SMILES string of the molecule is CC#CCCNC(=O)c1sc2cccc(Br)c2c1N. The lowest BCUT2D eigenvalue weighted by Crippen LogP contribution is -2.24. The molecule has 2 rings (SSSR count). The van der Waals surface area contributed by atoms with Crippen LogP contribution in [0.3, 0.4) is 0 Å². The number of hydrogen-bond donors (Lipinski definition) is 2. The summed E-state index contributed by atoms with van der Waals surface area (Å²) in [6.45, 7) is 2.32. The molecule has 19 heavy (non-hydrogen) atoms. The molecule has 0 spiro atoms. The summed E-state index contributed by atoms with van der Waals surface area (Å²) in [5, 5.41) is 3.74. The van der Waals surface area contributed by atoms with Crippen LogP contribution in [0.2, 0.25) is 0 Å². The van der Waals surface area contributed by atoms with Crippen LogP contribution in [0.1, 0.15) is 23.0 Å². The zero-order valence-electron chi connectivity index (χ0n) is 10.4. The molecule has 98 valence electrons. The van der Waals surface area contributed by atoms with Gasteiger partial charge in [0, 0.05) is 27.5 Å². The van der Waals surface area contributed by atoms with Crippen molar-refractivity contribution in [3.8, 4) is 11.8 Å². The lowest BCUT2D eigenvalue weighted by atomic mass is 10.2. The van der Waals surface area contributed by atoms with Crippen LogP contribution in [0.15, 0.2) is 22.7 Å². The molecule has 0 aliphatic rings. The van der Waals surface area contributed by atoms with Gasteiger partial charge in [0.1, 0.15) is 4.88 Å². The summed E-state index contributed by atoms with van der Waals surface area (Å²) in [6.07, 6.45) is 0.650. The molecular formula is C14H13BrN2OS. The Kier molecular flexibility index (Phi) is 4.46. The summed E-state index contributed by atoms with van der Waals surface area (Å²) in [4.78, 5) is 12.6. The van der Waals surface area contributed by atoms with Crippen LogP contribution in [-0.2, 0) is 0 Å². The smallest absolute Gasteiger partial charge is 0.263 e. The topological polar surface area (TPSA) is 55.1 Å². The molecule has 3 nitrogen and oxygen atoms in total. The maximum atomic E-state index is 12.1. The zero-order valence-corrected chi connectivity index (χ0v) is 12.8. The zero-order chi connectivity index (χ0) is 13.8. The van der Waals surface area contributed by atoms with Gasteiger partial charge in [0.05, 0.1) is 5.69 Å². The first-order chi connectivity index (χ1) is 9.15. The molecular weight excluding hydrogens is 324 g/mol. The summed E-state index contributed by atoms with van der Waals surface area (Å²) in [6, 6.07) is 5.81. The molecule has 3 N–H and O–H groups in total. The second kappa shape index (κ2) is 6.09. The minimum absolute atomic E-state index is 0.136. The van der Waals surface area contributed by atoms with Crippen molar-refractivity contribution in [1.29, 1.82) is 0 Å². The van der Waals surface area contributed by atoms with E-state index in [1.807, 2.05) is 18.2 Å². The van der Waals surface area contributed by atoms with Gasteiger partial charge in [-0.15, -0.1) is 23.2 Å². The number of anilines is 1. The second-order valence-electron chi connectivity index (χ2n) is 3.89. The van der Waals surface area contributed by atoms with Crippen molar-refractivity contribution in [2.24, 2.45) is 0 Å². The highest BCUT2D eigenvalue weighted by Crippen LogP contribution is 2.37. The summed E-state index contributed by atoms with van der Waals surface area (Å²) >= 11 is 4.87. The largest absolute Gasteiger partial charge is 0.397 e. The fourth-order valence-corrected chi connectivity index (χ4v) is 3.52. The lowest BCUT2D eigenvalue weighted by molar-refractivity contribution is 0.0959. The van der Waals surface area contributed by atoms with Gasteiger partial charge in [-0.3, -0.25) is 4.79 Å². The van der Waals surface area contributed by atoms with E-state index in [0.717, 1.165) is 14.6 Å². The molecule has 1 amide bonds. The first-order valence-corrected chi connectivity index (χ1v) is 7.40. The highest BCUT2D eigenvalue weighted by Gasteiger charge is 2.17. The van der Waals surface area contributed by atoms with E-state index >= 15 is 0 Å². The number of nitrogen functional groups attached to an aromatic ring is 1. The van der Waals surface area contributed by atoms with Gasteiger partial charge in [0.15, 0.2) is 0 Å². The molecule has 5 heteroatoms. The van der Waals surface area contributed by atoms with Crippen molar-refractivity contribution < 1.29 is 4.79 Å². The third-order valence-corrected chi connectivity index (χ3v) is 4.45. The number of halogens is 1. The van der Waals surface area contributed by atoms with Crippen molar-refractivity contribution in [3.63, 3.8) is 0 Å². The van der Waals surface area contributed by atoms with Crippen LogP contribution in [0.5, 0.6) is 0 Å². The first-order valence-electron chi connectivity index (χ1n) is 5.79. The maximum absolute atomic E-state index is 12.1. The molecule has 1 aromatic heterocycles. The molecule has 0 saturated heterocycles. The Morgan fingerprint density at radius 1 is 1.53 bits per heavy atom. The number of benzene rings is 1. The second-order valence-corrected chi connectivity index (χ2v) is 5.80. The first kappa shape index (κ1) is 13.9. The van der Waals surface area contributed by atoms with Gasteiger partial charge in [-0.05, 0) is 19.1 Å². The van der Waals surface area contributed by atoms with E-state index in [1.165, 1.54) is 11.3 Å². The molecule has 0 radical (unpaired) electrons. The van der Waals surface area contributed by atoms with Gasteiger partial charge in [-0.25, -0.2) is 0 Å². The number of fused-ring (bicyclic) bond motifs is 1. The van der Waals surface area contributed by atoms with Crippen molar-refractivity contribution in [1.82, 2.24) is 5.32 Å². The van der Waals surface area contributed by atoms with E-state index in [0.29, 0.717) is 23.5 Å². The molecule has 1 aromatic carbocycles. The molecule has 0 fully saturated rings. The number of carbonyl (C=O) groups excluding carboxylic acids is 1. The average molecular weight is 337 g/mol. The Labute approximate surface area is 124 Å². The number of nitrogens with one attached hydrogen (secondary N) is 1. The Balaban J connectivity index is 2.24. The average Bonchev–Trinajstić information content (AvgIpc) is 2.73. The van der Waals surface area contributed by atoms with E-state index in [9.17, 15) is 4.79 Å². The molecule has 0 aliphatic heterocycles. The van der Waals surface area contributed by atoms with Crippen LogP contribution >= 0.6 is 27.3 Å². The van der Waals surface area contributed by atoms with Crippen molar-refractivity contribution in [2.45, 2.75) is 13.3 Å². The lowest BCUT2D eigenvalue weighted by Gasteiger charge is -2.01. The molecule has 1 heterocycles. The molecule has 0 bridgehead atoms. The Morgan fingerprint density at radius 3 is 3.00 bits per heavy atom. The standard InChI is InChI=1S/C14H13BrN2OS/c1-2-3-4-8-17-14(18)13-12(16)11-9(15)6-5-7-10(11)19-13/h5-7H,4,8,16H2,1H3,(H,17,18). The minimum atomic E-state index is -0.136. The van der Waals surface area contributed by atoms with E-state index in [-0.39, 0.29) is 5.91 Å². The highest BCUT2D eigenvalue weighted by atomic mass is 79.9. The molecule has 2 aromatic rings. The summed E-state index contributed by atoms with van der Waals surface area (Å²) in [5.74, 6) is 5.56. The third kappa shape index (κ3) is 2.91. The van der Waals surface area contributed by atoms with Crippen LogP contribution < -0.4 is 11.1 Å². The summed E-state index contributed by atoms with van der Waals surface area (Å²) in [7, 11) is 0. The van der Waals surface area contributed by atoms with Crippen LogP contribution in [-0.4, -0.2) is 12.5 Å². The summed E-state index contributed by atoms with van der Waals surface area (Å²) < 4.78 is 1.92. The monoisotopic (exact) mass is 336 g/mol. The minimum Gasteiger partial charge on any atom is -0.397 e. The third-order valence-electron chi connectivity index (χ3n) is 2.62. The van der Waals surface area contributed by atoms with Crippen molar-refractivity contribution in [2.75, 3.05) is 12.3 Å². The number of carbonyl (C=O) groups is 1. The predicted octanol–water partition coefficient (Wildman–Crippen LogP) is 3.39. The molecule has 0 atom stereocenters. The highest BCUT2D eigenvalue weighted by molar-refractivity contribution is 9.10. The molecule has 0 saturated carbocycles. The van der Waals surface area contributed by atoms with E-state index < -0.39 is 0 Å².